The van der Waals surface area contributed by atoms with E-state index in [0.29, 0.717) is 23.7 Å². The van der Waals surface area contributed by atoms with Crippen molar-refractivity contribution in [3.63, 3.8) is 0 Å². The minimum Gasteiger partial charge on any atom is -0.477 e. The van der Waals surface area contributed by atoms with Gasteiger partial charge in [-0.1, -0.05) is 6.92 Å². The van der Waals surface area contributed by atoms with Gasteiger partial charge in [0.25, 0.3) is 10.9 Å². The molecule has 2 aromatic heterocycles. The van der Waals surface area contributed by atoms with E-state index < -0.39 is 10.9 Å². The molecule has 10 heteroatoms. The summed E-state index contributed by atoms with van der Waals surface area (Å²) in [5.41, 5.74) is 1.23. The zero-order chi connectivity index (χ0) is 19.4. The summed E-state index contributed by atoms with van der Waals surface area (Å²) in [6.45, 7) is 1.85. The summed E-state index contributed by atoms with van der Waals surface area (Å²) >= 11 is 0.860. The van der Waals surface area contributed by atoms with E-state index in [-0.39, 0.29) is 15.8 Å². The molecule has 1 N–H and O–H groups in total. The fourth-order valence-electron chi connectivity index (χ4n) is 2.27. The van der Waals surface area contributed by atoms with E-state index in [4.69, 9.17) is 4.42 Å². The van der Waals surface area contributed by atoms with E-state index in [9.17, 15) is 20.0 Å². The summed E-state index contributed by atoms with van der Waals surface area (Å²) in [5, 5.41) is 28.1. The van der Waals surface area contributed by atoms with Crippen molar-refractivity contribution >= 4 is 29.5 Å². The van der Waals surface area contributed by atoms with E-state index in [1.807, 2.05) is 6.92 Å². The minimum absolute atomic E-state index is 0.00293. The van der Waals surface area contributed by atoms with E-state index in [1.54, 1.807) is 35.0 Å². The first-order valence-electron chi connectivity index (χ1n) is 7.85. The van der Waals surface area contributed by atoms with Crippen molar-refractivity contribution in [2.45, 2.75) is 18.6 Å². The molecule has 0 radical (unpaired) electrons. The Labute approximate surface area is 157 Å². The Morgan fingerprint density at radius 2 is 2.07 bits per heavy atom. The number of aromatic nitrogens is 3. The molecule has 0 bridgehead atoms. The second kappa shape index (κ2) is 7.87. The first-order chi connectivity index (χ1) is 13.0. The zero-order valence-corrected chi connectivity index (χ0v) is 14.9. The van der Waals surface area contributed by atoms with Crippen LogP contribution in [0.15, 0.2) is 57.1 Å². The predicted octanol–water partition coefficient (Wildman–Crippen LogP) is 3.55. The van der Waals surface area contributed by atoms with Gasteiger partial charge in [0.1, 0.15) is 4.91 Å². The maximum Gasteiger partial charge on any atom is 0.342 e. The highest BCUT2D eigenvalue weighted by Gasteiger charge is 2.16. The molecule has 0 atom stereocenters. The third-order valence-corrected chi connectivity index (χ3v) is 4.41. The van der Waals surface area contributed by atoms with Crippen LogP contribution in [0.2, 0.25) is 0 Å². The minimum atomic E-state index is -1.13. The van der Waals surface area contributed by atoms with Crippen LogP contribution in [-0.4, -0.2) is 30.8 Å². The van der Waals surface area contributed by atoms with Gasteiger partial charge in [0.15, 0.2) is 0 Å². The quantitative estimate of drug-likeness (QED) is 0.283. The highest BCUT2D eigenvalue weighted by molar-refractivity contribution is 8.03. The summed E-state index contributed by atoms with van der Waals surface area (Å²) in [6.07, 6.45) is 3.77. The Kier molecular flexibility index (Phi) is 5.36. The number of nitro benzene ring substituents is 1. The van der Waals surface area contributed by atoms with E-state index >= 15 is 0 Å². The molecule has 0 unspecified atom stereocenters. The van der Waals surface area contributed by atoms with Crippen LogP contribution in [0.4, 0.5) is 5.69 Å². The highest BCUT2D eigenvalue weighted by Crippen LogP contribution is 2.28. The van der Waals surface area contributed by atoms with Crippen LogP contribution in [-0.2, 0) is 11.2 Å². The smallest absolute Gasteiger partial charge is 0.342 e. The van der Waals surface area contributed by atoms with Gasteiger partial charge in [-0.15, -0.1) is 10.2 Å². The van der Waals surface area contributed by atoms with Crippen molar-refractivity contribution in [3.8, 4) is 5.69 Å². The number of nitrogens with zero attached hydrogens (tertiary/aromatic N) is 4. The zero-order valence-electron chi connectivity index (χ0n) is 14.1. The van der Waals surface area contributed by atoms with Crippen LogP contribution in [0.25, 0.3) is 11.8 Å². The molecule has 138 valence electrons. The van der Waals surface area contributed by atoms with Gasteiger partial charge in [-0.05, 0) is 42.1 Å². The Balaban J connectivity index is 1.91. The number of thioether (sulfide) groups is 1. The van der Waals surface area contributed by atoms with Gasteiger partial charge >= 0.3 is 5.97 Å². The summed E-state index contributed by atoms with van der Waals surface area (Å²) in [7, 11) is 0. The van der Waals surface area contributed by atoms with Gasteiger partial charge in [-0.25, -0.2) is 4.79 Å². The maximum atomic E-state index is 11.6. The Morgan fingerprint density at radius 1 is 1.33 bits per heavy atom. The Morgan fingerprint density at radius 3 is 2.67 bits per heavy atom. The second-order valence-corrected chi connectivity index (χ2v) is 6.30. The lowest BCUT2D eigenvalue weighted by Gasteiger charge is -2.07. The SMILES string of the molecule is CCc1nnc(S/C(=C\c2cccn2-c2ccc([N+](=O)[O-])cc2)C(=O)O)o1. The van der Waals surface area contributed by atoms with Crippen LogP contribution in [0, 0.1) is 10.1 Å². The average Bonchev–Trinajstić information content (AvgIpc) is 3.30. The normalized spacial score (nSPS) is 11.5. The number of nitro groups is 1. The third kappa shape index (κ3) is 4.23. The molecule has 27 heavy (non-hydrogen) atoms. The van der Waals surface area contributed by atoms with Crippen molar-refractivity contribution in [1.82, 2.24) is 14.8 Å². The number of aliphatic carboxylic acids is 1. The van der Waals surface area contributed by atoms with Crippen molar-refractivity contribution in [2.24, 2.45) is 0 Å². The van der Waals surface area contributed by atoms with Gasteiger partial charge in [0.2, 0.25) is 5.89 Å². The molecular weight excluding hydrogens is 372 g/mol. The third-order valence-electron chi connectivity index (χ3n) is 3.56. The molecule has 0 aliphatic heterocycles. The number of hydrogen-bond donors (Lipinski definition) is 1. The van der Waals surface area contributed by atoms with Gasteiger partial charge in [0.05, 0.1) is 4.92 Å². The van der Waals surface area contributed by atoms with Gasteiger partial charge in [-0.3, -0.25) is 10.1 Å². The monoisotopic (exact) mass is 386 g/mol. The largest absolute Gasteiger partial charge is 0.477 e. The highest BCUT2D eigenvalue weighted by atomic mass is 32.2. The van der Waals surface area contributed by atoms with Crippen molar-refractivity contribution < 1.29 is 19.2 Å². The lowest BCUT2D eigenvalue weighted by molar-refractivity contribution is -0.384. The van der Waals surface area contributed by atoms with E-state index in [2.05, 4.69) is 10.2 Å². The maximum absolute atomic E-state index is 11.6. The van der Waals surface area contributed by atoms with E-state index in [0.717, 1.165) is 11.8 Å². The molecule has 1 aromatic carbocycles. The molecule has 0 fully saturated rings. The van der Waals surface area contributed by atoms with Crippen LogP contribution in [0.5, 0.6) is 0 Å². The molecule has 0 aliphatic carbocycles. The lowest BCUT2D eigenvalue weighted by Crippen LogP contribution is -2.00. The molecule has 3 rings (SSSR count). The number of non-ortho nitro benzene ring substituents is 1. The molecule has 0 amide bonds. The fraction of sp³-hybridized carbons (Fsp3) is 0.118. The first kappa shape index (κ1) is 18.4. The molecule has 0 aliphatic rings. The predicted molar refractivity (Wildman–Crippen MR) is 97.6 cm³/mol. The number of carboxylic acid groups (broad SMARTS) is 1. The molecule has 0 saturated carbocycles. The van der Waals surface area contributed by atoms with Gasteiger partial charge in [0, 0.05) is 36.1 Å². The average molecular weight is 386 g/mol. The summed E-state index contributed by atoms with van der Waals surface area (Å²) < 4.78 is 7.07. The summed E-state index contributed by atoms with van der Waals surface area (Å²) in [5.74, 6) is -0.704. The number of carboxylic acids is 1. The standard InChI is InChI=1S/C17H14N4O5S/c1-2-15-18-19-17(26-15)27-14(16(22)23)10-13-4-3-9-20(13)11-5-7-12(8-6-11)21(24)25/h3-10H,2H2,1H3,(H,22,23)/b14-10-. The number of rotatable bonds is 7. The first-order valence-corrected chi connectivity index (χ1v) is 8.67. The number of carbonyl (C=O) groups is 1. The number of hydrogen-bond acceptors (Lipinski definition) is 7. The van der Waals surface area contributed by atoms with Crippen molar-refractivity contribution in [3.05, 3.63) is 69.2 Å². The molecule has 9 nitrogen and oxygen atoms in total. The number of benzene rings is 1. The van der Waals surface area contributed by atoms with E-state index in [1.165, 1.54) is 18.2 Å². The molecule has 0 spiro atoms. The lowest BCUT2D eigenvalue weighted by atomic mass is 10.2. The van der Waals surface area contributed by atoms with Crippen LogP contribution in [0.3, 0.4) is 0 Å². The molecule has 0 saturated heterocycles. The molecule has 3 aromatic rings. The Hall–Kier alpha value is -3.40. The van der Waals surface area contributed by atoms with Crippen LogP contribution in [0.1, 0.15) is 18.5 Å². The topological polar surface area (TPSA) is 124 Å². The second-order valence-electron chi connectivity index (χ2n) is 5.31. The van der Waals surface area contributed by atoms with Gasteiger partial charge in [-0.2, -0.15) is 0 Å². The molecule has 2 heterocycles. The summed E-state index contributed by atoms with van der Waals surface area (Å²) in [4.78, 5) is 21.9. The van der Waals surface area contributed by atoms with Crippen LogP contribution >= 0.6 is 11.8 Å². The van der Waals surface area contributed by atoms with Crippen molar-refractivity contribution in [1.29, 1.82) is 0 Å². The fourth-order valence-corrected chi connectivity index (χ4v) is 2.94. The van der Waals surface area contributed by atoms with Crippen molar-refractivity contribution in [2.75, 3.05) is 0 Å². The molecular formula is C17H14N4O5S. The summed E-state index contributed by atoms with van der Waals surface area (Å²) in [6, 6.07) is 9.44. The van der Waals surface area contributed by atoms with Crippen LogP contribution < -0.4 is 0 Å². The number of aryl methyl sites for hydroxylation is 1. The van der Waals surface area contributed by atoms with Gasteiger partial charge < -0.3 is 14.1 Å². The Bertz CT molecular complexity index is 1010.